The van der Waals surface area contributed by atoms with E-state index in [0.717, 1.165) is 5.69 Å². The predicted octanol–water partition coefficient (Wildman–Crippen LogP) is 1.97. The number of rotatable bonds is 6. The summed E-state index contributed by atoms with van der Waals surface area (Å²) in [6, 6.07) is 1.75. The summed E-state index contributed by atoms with van der Waals surface area (Å²) in [6.07, 6.45) is 2.37. The Labute approximate surface area is 115 Å². The van der Waals surface area contributed by atoms with Gasteiger partial charge in [0.1, 0.15) is 11.4 Å². The minimum absolute atomic E-state index is 0.0756. The number of carbonyl (C=O) groups is 1. The Morgan fingerprint density at radius 2 is 2.16 bits per heavy atom. The number of aromatic carboxylic acids is 1. The van der Waals surface area contributed by atoms with Gasteiger partial charge in [0, 0.05) is 34.5 Å². The number of hydrogen-bond donors (Lipinski definition) is 2. The van der Waals surface area contributed by atoms with Gasteiger partial charge in [-0.1, -0.05) is 6.92 Å². The molecular formula is C13H20N2O3S. The van der Waals surface area contributed by atoms with Gasteiger partial charge in [-0.25, -0.2) is 9.78 Å². The fourth-order valence-electron chi connectivity index (χ4n) is 1.79. The molecule has 2 unspecified atom stereocenters. The molecule has 0 saturated heterocycles. The third-order valence-corrected chi connectivity index (χ3v) is 4.34. The van der Waals surface area contributed by atoms with Crippen molar-refractivity contribution >= 4 is 22.6 Å². The van der Waals surface area contributed by atoms with Crippen LogP contribution >= 0.6 is 0 Å². The lowest BCUT2D eigenvalue weighted by Crippen LogP contribution is -2.17. The van der Waals surface area contributed by atoms with E-state index < -0.39 is 16.8 Å². The quantitative estimate of drug-likeness (QED) is 0.835. The van der Waals surface area contributed by atoms with Crippen LogP contribution in [0.2, 0.25) is 0 Å². The second-order valence-electron chi connectivity index (χ2n) is 4.63. The second-order valence-corrected chi connectivity index (χ2v) is 6.44. The molecule has 0 aliphatic heterocycles. The number of carboxylic acids is 1. The normalized spacial score (nSPS) is 13.9. The molecule has 1 rings (SSSR count). The lowest BCUT2D eigenvalue weighted by Gasteiger charge is -2.13. The highest BCUT2D eigenvalue weighted by molar-refractivity contribution is 7.84. The molecule has 2 atom stereocenters. The van der Waals surface area contributed by atoms with Gasteiger partial charge >= 0.3 is 5.97 Å². The van der Waals surface area contributed by atoms with Crippen molar-refractivity contribution in [3.8, 4) is 0 Å². The van der Waals surface area contributed by atoms with Crippen molar-refractivity contribution < 1.29 is 14.1 Å². The molecule has 0 saturated carbocycles. The molecule has 1 heterocycles. The monoisotopic (exact) mass is 284 g/mol. The van der Waals surface area contributed by atoms with Gasteiger partial charge in [-0.2, -0.15) is 0 Å². The molecular weight excluding hydrogens is 264 g/mol. The molecule has 1 aromatic heterocycles. The number of pyridine rings is 1. The fraction of sp³-hybridized carbons (Fsp3) is 0.538. The van der Waals surface area contributed by atoms with Gasteiger partial charge in [-0.05, 0) is 31.9 Å². The topological polar surface area (TPSA) is 79.3 Å². The van der Waals surface area contributed by atoms with E-state index >= 15 is 0 Å². The largest absolute Gasteiger partial charge is 0.478 e. The Kier molecular flexibility index (Phi) is 5.47. The Morgan fingerprint density at radius 3 is 2.68 bits per heavy atom. The molecule has 0 radical (unpaired) electrons. The molecule has 0 spiro atoms. The van der Waals surface area contributed by atoms with Gasteiger partial charge in [-0.3, -0.25) is 4.21 Å². The first-order valence-electron chi connectivity index (χ1n) is 6.10. The first-order chi connectivity index (χ1) is 8.82. The maximum Gasteiger partial charge on any atom is 0.339 e. The molecule has 5 nitrogen and oxygen atoms in total. The molecule has 2 N–H and O–H groups in total. The molecule has 6 heteroatoms. The van der Waals surface area contributed by atoms with Crippen LogP contribution < -0.4 is 5.32 Å². The first-order valence-corrected chi connectivity index (χ1v) is 7.72. The van der Waals surface area contributed by atoms with E-state index in [2.05, 4.69) is 10.3 Å². The zero-order chi connectivity index (χ0) is 14.6. The summed E-state index contributed by atoms with van der Waals surface area (Å²) >= 11 is 0. The zero-order valence-corrected chi connectivity index (χ0v) is 12.5. The smallest absolute Gasteiger partial charge is 0.339 e. The van der Waals surface area contributed by atoms with E-state index in [4.69, 9.17) is 0 Å². The van der Waals surface area contributed by atoms with Crippen molar-refractivity contribution in [2.24, 2.45) is 0 Å². The Hall–Kier alpha value is -1.43. The van der Waals surface area contributed by atoms with Gasteiger partial charge in [0.15, 0.2) is 0 Å². The SMILES string of the molecule is Cc1cc(C)c(C(=O)O)c(NCCC(C)S(C)=O)n1. The fourth-order valence-corrected chi connectivity index (χ4v) is 2.24. The van der Waals surface area contributed by atoms with E-state index in [9.17, 15) is 14.1 Å². The summed E-state index contributed by atoms with van der Waals surface area (Å²) in [5.41, 5.74) is 1.67. The van der Waals surface area contributed by atoms with Crippen molar-refractivity contribution in [3.63, 3.8) is 0 Å². The van der Waals surface area contributed by atoms with E-state index in [1.54, 1.807) is 19.2 Å². The van der Waals surface area contributed by atoms with Gasteiger partial charge in [0.05, 0.1) is 0 Å². The van der Waals surface area contributed by atoms with E-state index in [0.29, 0.717) is 24.3 Å². The van der Waals surface area contributed by atoms with Gasteiger partial charge in [0.2, 0.25) is 0 Å². The first kappa shape index (κ1) is 15.6. The zero-order valence-electron chi connectivity index (χ0n) is 11.7. The predicted molar refractivity (Wildman–Crippen MR) is 77.3 cm³/mol. The third kappa shape index (κ3) is 4.31. The lowest BCUT2D eigenvalue weighted by molar-refractivity contribution is 0.0697. The minimum Gasteiger partial charge on any atom is -0.478 e. The van der Waals surface area contributed by atoms with Crippen molar-refractivity contribution in [1.29, 1.82) is 0 Å². The van der Waals surface area contributed by atoms with E-state index in [-0.39, 0.29) is 10.8 Å². The third-order valence-electron chi connectivity index (χ3n) is 2.97. The highest BCUT2D eigenvalue weighted by Crippen LogP contribution is 2.18. The van der Waals surface area contributed by atoms with Crippen molar-refractivity contribution in [3.05, 3.63) is 22.9 Å². The summed E-state index contributed by atoms with van der Waals surface area (Å²) in [5.74, 6) is -0.598. The molecule has 0 amide bonds. The van der Waals surface area contributed by atoms with E-state index in [1.807, 2.05) is 13.8 Å². The molecule has 0 aliphatic carbocycles. The average Bonchev–Trinajstić information content (AvgIpc) is 2.26. The van der Waals surface area contributed by atoms with Crippen molar-refractivity contribution in [2.75, 3.05) is 18.1 Å². The number of carboxylic acid groups (broad SMARTS) is 1. The summed E-state index contributed by atoms with van der Waals surface area (Å²) in [7, 11) is -0.868. The van der Waals surface area contributed by atoms with Crippen LogP contribution in [0.3, 0.4) is 0 Å². The molecule has 1 aromatic rings. The van der Waals surface area contributed by atoms with Crippen molar-refractivity contribution in [1.82, 2.24) is 4.98 Å². The van der Waals surface area contributed by atoms with Crippen LogP contribution in [0.5, 0.6) is 0 Å². The summed E-state index contributed by atoms with van der Waals surface area (Å²) < 4.78 is 11.2. The summed E-state index contributed by atoms with van der Waals surface area (Å²) in [6.45, 7) is 6.04. The van der Waals surface area contributed by atoms with Crippen LogP contribution in [-0.2, 0) is 10.8 Å². The number of aromatic nitrogens is 1. The van der Waals surface area contributed by atoms with Gasteiger partial charge < -0.3 is 10.4 Å². The van der Waals surface area contributed by atoms with Crippen LogP contribution in [0.4, 0.5) is 5.82 Å². The molecule has 0 bridgehead atoms. The Morgan fingerprint density at radius 1 is 1.53 bits per heavy atom. The minimum atomic E-state index is -0.986. The standard InChI is InChI=1S/C13H20N2O3S/c1-8-7-9(2)15-12(11(8)13(16)17)14-6-5-10(3)19(4)18/h7,10H,5-6H2,1-4H3,(H,14,15)(H,16,17). The van der Waals surface area contributed by atoms with Crippen molar-refractivity contribution in [2.45, 2.75) is 32.4 Å². The Balaban J connectivity index is 2.83. The number of aryl methyl sites for hydroxylation is 2. The molecule has 19 heavy (non-hydrogen) atoms. The molecule has 0 fully saturated rings. The van der Waals surface area contributed by atoms with E-state index in [1.165, 1.54) is 0 Å². The van der Waals surface area contributed by atoms with Crippen LogP contribution in [0.25, 0.3) is 0 Å². The maximum atomic E-state index is 11.2. The molecule has 106 valence electrons. The number of nitrogens with one attached hydrogen (secondary N) is 1. The highest BCUT2D eigenvalue weighted by atomic mass is 32.2. The number of nitrogens with zero attached hydrogens (tertiary/aromatic N) is 1. The molecule has 0 aromatic carbocycles. The van der Waals surface area contributed by atoms with Gasteiger partial charge in [-0.15, -0.1) is 0 Å². The highest BCUT2D eigenvalue weighted by Gasteiger charge is 2.15. The van der Waals surface area contributed by atoms with Crippen LogP contribution in [0.1, 0.15) is 35.0 Å². The van der Waals surface area contributed by atoms with Gasteiger partial charge in [0.25, 0.3) is 0 Å². The number of anilines is 1. The average molecular weight is 284 g/mol. The Bertz CT molecular complexity index is 503. The number of hydrogen-bond acceptors (Lipinski definition) is 4. The summed E-state index contributed by atoms with van der Waals surface area (Å²) in [5, 5.41) is 12.3. The van der Waals surface area contributed by atoms with Crippen LogP contribution in [0, 0.1) is 13.8 Å². The maximum absolute atomic E-state index is 11.2. The second kappa shape index (κ2) is 6.65. The van der Waals surface area contributed by atoms with Crippen LogP contribution in [0.15, 0.2) is 6.07 Å². The lowest BCUT2D eigenvalue weighted by atomic mass is 10.1. The van der Waals surface area contributed by atoms with Crippen LogP contribution in [-0.4, -0.2) is 38.3 Å². The summed E-state index contributed by atoms with van der Waals surface area (Å²) in [4.78, 5) is 15.5. The molecule has 0 aliphatic rings.